The summed E-state index contributed by atoms with van der Waals surface area (Å²) in [5.74, 6) is -0.0868. The van der Waals surface area contributed by atoms with E-state index in [1.807, 2.05) is 0 Å². The van der Waals surface area contributed by atoms with E-state index in [1.165, 1.54) is 4.90 Å². The SMILES string of the molecule is CN(C)C(=O)c1cc(Br)ccn1. The molecule has 0 atom stereocenters. The Morgan fingerprint density at radius 3 is 2.75 bits per heavy atom. The van der Waals surface area contributed by atoms with Crippen LogP contribution in [0.5, 0.6) is 0 Å². The highest BCUT2D eigenvalue weighted by Crippen LogP contribution is 2.09. The Hall–Kier alpha value is -0.900. The van der Waals surface area contributed by atoms with Crippen molar-refractivity contribution in [2.24, 2.45) is 0 Å². The molecular formula is C8H9BrN2O. The normalized spacial score (nSPS) is 9.58. The number of carbonyl (C=O) groups excluding carboxylic acids is 1. The largest absolute Gasteiger partial charge is 0.343 e. The van der Waals surface area contributed by atoms with Crippen LogP contribution in [0.2, 0.25) is 0 Å². The van der Waals surface area contributed by atoms with Crippen LogP contribution in [-0.2, 0) is 0 Å². The third kappa shape index (κ3) is 2.04. The number of rotatable bonds is 1. The van der Waals surface area contributed by atoms with Gasteiger partial charge >= 0.3 is 0 Å². The molecule has 0 bridgehead atoms. The Morgan fingerprint density at radius 1 is 1.58 bits per heavy atom. The lowest BCUT2D eigenvalue weighted by atomic mass is 10.3. The van der Waals surface area contributed by atoms with Crippen molar-refractivity contribution in [1.82, 2.24) is 9.88 Å². The summed E-state index contributed by atoms with van der Waals surface area (Å²) < 4.78 is 0.864. The van der Waals surface area contributed by atoms with E-state index in [9.17, 15) is 4.79 Å². The van der Waals surface area contributed by atoms with Gasteiger partial charge in [-0.1, -0.05) is 15.9 Å². The number of halogens is 1. The van der Waals surface area contributed by atoms with Crippen LogP contribution < -0.4 is 0 Å². The summed E-state index contributed by atoms with van der Waals surface area (Å²) in [5.41, 5.74) is 0.453. The molecule has 0 radical (unpaired) electrons. The smallest absolute Gasteiger partial charge is 0.271 e. The van der Waals surface area contributed by atoms with Crippen molar-refractivity contribution in [3.63, 3.8) is 0 Å². The summed E-state index contributed by atoms with van der Waals surface area (Å²) in [5, 5.41) is 0. The summed E-state index contributed by atoms with van der Waals surface area (Å²) >= 11 is 3.27. The molecule has 0 spiro atoms. The second-order valence-electron chi connectivity index (χ2n) is 2.56. The molecule has 0 fully saturated rings. The Balaban J connectivity index is 2.96. The molecule has 0 aliphatic heterocycles. The van der Waals surface area contributed by atoms with Gasteiger partial charge in [-0.25, -0.2) is 0 Å². The number of hydrogen-bond donors (Lipinski definition) is 0. The van der Waals surface area contributed by atoms with Gasteiger partial charge in [0.1, 0.15) is 5.69 Å². The molecule has 0 N–H and O–H groups in total. The molecule has 1 heterocycles. The quantitative estimate of drug-likeness (QED) is 0.731. The Morgan fingerprint density at radius 2 is 2.25 bits per heavy atom. The predicted molar refractivity (Wildman–Crippen MR) is 50.0 cm³/mol. The minimum atomic E-state index is -0.0868. The van der Waals surface area contributed by atoms with Gasteiger partial charge in [0.25, 0.3) is 5.91 Å². The number of amides is 1. The lowest BCUT2D eigenvalue weighted by molar-refractivity contribution is 0.0822. The topological polar surface area (TPSA) is 33.2 Å². The van der Waals surface area contributed by atoms with Crippen LogP contribution in [0.4, 0.5) is 0 Å². The number of carbonyl (C=O) groups is 1. The van der Waals surface area contributed by atoms with Gasteiger partial charge in [0.05, 0.1) is 0 Å². The molecule has 0 unspecified atom stereocenters. The van der Waals surface area contributed by atoms with Crippen molar-refractivity contribution in [2.45, 2.75) is 0 Å². The molecule has 12 heavy (non-hydrogen) atoms. The highest BCUT2D eigenvalue weighted by atomic mass is 79.9. The molecule has 64 valence electrons. The molecule has 4 heteroatoms. The molecule has 0 aromatic carbocycles. The van der Waals surface area contributed by atoms with Crippen LogP contribution in [-0.4, -0.2) is 29.9 Å². The van der Waals surface area contributed by atoms with Crippen molar-refractivity contribution in [2.75, 3.05) is 14.1 Å². The van der Waals surface area contributed by atoms with E-state index in [4.69, 9.17) is 0 Å². The highest BCUT2D eigenvalue weighted by molar-refractivity contribution is 9.10. The second-order valence-corrected chi connectivity index (χ2v) is 3.47. The monoisotopic (exact) mass is 228 g/mol. The molecule has 1 amide bonds. The van der Waals surface area contributed by atoms with Crippen LogP contribution >= 0.6 is 15.9 Å². The van der Waals surface area contributed by atoms with Crippen LogP contribution in [0.3, 0.4) is 0 Å². The van der Waals surface area contributed by atoms with Gasteiger partial charge in [0.15, 0.2) is 0 Å². The highest BCUT2D eigenvalue weighted by Gasteiger charge is 2.08. The molecule has 0 saturated carbocycles. The lowest BCUT2D eigenvalue weighted by Crippen LogP contribution is -2.22. The number of nitrogens with zero attached hydrogens (tertiary/aromatic N) is 2. The van der Waals surface area contributed by atoms with E-state index >= 15 is 0 Å². The molecule has 1 rings (SSSR count). The van der Waals surface area contributed by atoms with Crippen LogP contribution in [0.25, 0.3) is 0 Å². The van der Waals surface area contributed by atoms with Gasteiger partial charge in [-0.15, -0.1) is 0 Å². The van der Waals surface area contributed by atoms with Gasteiger partial charge in [0.2, 0.25) is 0 Å². The van der Waals surface area contributed by atoms with Crippen LogP contribution in [0, 0.1) is 0 Å². The fourth-order valence-corrected chi connectivity index (χ4v) is 1.09. The Bertz CT molecular complexity index is 299. The van der Waals surface area contributed by atoms with E-state index in [1.54, 1.807) is 32.4 Å². The number of pyridine rings is 1. The summed E-state index contributed by atoms with van der Waals surface area (Å²) in [6.07, 6.45) is 1.60. The molecule has 3 nitrogen and oxygen atoms in total. The van der Waals surface area contributed by atoms with Gasteiger partial charge in [-0.3, -0.25) is 9.78 Å². The molecule has 0 aliphatic rings. The fourth-order valence-electron chi connectivity index (χ4n) is 0.751. The molecule has 0 saturated heterocycles. The van der Waals surface area contributed by atoms with Crippen molar-refractivity contribution in [3.05, 3.63) is 28.5 Å². The van der Waals surface area contributed by atoms with E-state index in [0.29, 0.717) is 5.69 Å². The zero-order valence-corrected chi connectivity index (χ0v) is 8.50. The first-order valence-corrected chi connectivity index (χ1v) is 4.24. The molecule has 0 aliphatic carbocycles. The van der Waals surface area contributed by atoms with Crippen LogP contribution in [0.15, 0.2) is 22.8 Å². The van der Waals surface area contributed by atoms with Gasteiger partial charge in [-0.2, -0.15) is 0 Å². The standard InChI is InChI=1S/C8H9BrN2O/c1-11(2)8(12)7-5-6(9)3-4-10-7/h3-5H,1-2H3. The van der Waals surface area contributed by atoms with Crippen molar-refractivity contribution in [1.29, 1.82) is 0 Å². The van der Waals surface area contributed by atoms with Crippen molar-refractivity contribution in [3.8, 4) is 0 Å². The average Bonchev–Trinajstić information content (AvgIpc) is 2.03. The first-order valence-electron chi connectivity index (χ1n) is 3.44. The number of hydrogen-bond acceptors (Lipinski definition) is 2. The van der Waals surface area contributed by atoms with E-state index in [0.717, 1.165) is 4.47 Å². The minimum Gasteiger partial charge on any atom is -0.343 e. The molecule has 1 aromatic rings. The summed E-state index contributed by atoms with van der Waals surface area (Å²) in [4.78, 5) is 16.8. The first-order chi connectivity index (χ1) is 5.61. The average molecular weight is 229 g/mol. The second kappa shape index (κ2) is 3.67. The fraction of sp³-hybridized carbons (Fsp3) is 0.250. The lowest BCUT2D eigenvalue weighted by Gasteiger charge is -2.08. The molecule has 1 aromatic heterocycles. The maximum absolute atomic E-state index is 11.3. The van der Waals surface area contributed by atoms with E-state index in [-0.39, 0.29) is 5.91 Å². The predicted octanol–water partition coefficient (Wildman–Crippen LogP) is 1.55. The maximum Gasteiger partial charge on any atom is 0.271 e. The Kier molecular flexibility index (Phi) is 2.81. The maximum atomic E-state index is 11.3. The first kappa shape index (κ1) is 9.19. The summed E-state index contributed by atoms with van der Waals surface area (Å²) in [6, 6.07) is 3.48. The zero-order valence-electron chi connectivity index (χ0n) is 6.91. The molecular weight excluding hydrogens is 220 g/mol. The van der Waals surface area contributed by atoms with Crippen molar-refractivity contribution < 1.29 is 4.79 Å². The zero-order chi connectivity index (χ0) is 9.14. The van der Waals surface area contributed by atoms with Gasteiger partial charge in [-0.05, 0) is 12.1 Å². The van der Waals surface area contributed by atoms with Crippen LogP contribution in [0.1, 0.15) is 10.5 Å². The van der Waals surface area contributed by atoms with Crippen molar-refractivity contribution >= 4 is 21.8 Å². The Labute approximate surface area is 79.5 Å². The minimum absolute atomic E-state index is 0.0868. The third-order valence-corrected chi connectivity index (χ3v) is 1.84. The van der Waals surface area contributed by atoms with E-state index in [2.05, 4.69) is 20.9 Å². The van der Waals surface area contributed by atoms with Gasteiger partial charge < -0.3 is 4.90 Å². The number of aromatic nitrogens is 1. The summed E-state index contributed by atoms with van der Waals surface area (Å²) in [6.45, 7) is 0. The van der Waals surface area contributed by atoms with Gasteiger partial charge in [0, 0.05) is 24.8 Å². The third-order valence-electron chi connectivity index (χ3n) is 1.35. The summed E-state index contributed by atoms with van der Waals surface area (Å²) in [7, 11) is 3.40. The van der Waals surface area contributed by atoms with E-state index < -0.39 is 0 Å².